The summed E-state index contributed by atoms with van der Waals surface area (Å²) in [7, 11) is 2.95. The number of aryl methyl sites for hydroxylation is 1. The van der Waals surface area contributed by atoms with Crippen LogP contribution in [0, 0.1) is 13.8 Å². The number of benzene rings is 2. The molecular weight excluding hydrogens is 449 g/mol. The van der Waals surface area contributed by atoms with Crippen LogP contribution in [0.25, 0.3) is 0 Å². The number of ether oxygens (including phenoxy) is 2. The molecule has 10 heteroatoms. The van der Waals surface area contributed by atoms with Crippen LogP contribution < -0.4 is 20.1 Å². The molecule has 1 aromatic heterocycles. The fourth-order valence-corrected chi connectivity index (χ4v) is 4.05. The van der Waals surface area contributed by atoms with Gasteiger partial charge in [-0.3, -0.25) is 4.79 Å². The van der Waals surface area contributed by atoms with Gasteiger partial charge in [0.15, 0.2) is 23.2 Å². The molecule has 2 heterocycles. The Morgan fingerprint density at radius 1 is 1.12 bits per heavy atom. The van der Waals surface area contributed by atoms with Crippen LogP contribution in [0.15, 0.2) is 42.5 Å². The normalized spacial score (nSPS) is 17.5. The van der Waals surface area contributed by atoms with E-state index in [1.165, 1.54) is 20.3 Å². The number of carbonyl (C=O) groups is 1. The van der Waals surface area contributed by atoms with Gasteiger partial charge in [0.25, 0.3) is 5.91 Å². The van der Waals surface area contributed by atoms with Crippen LogP contribution in [0.5, 0.6) is 11.5 Å². The Labute approximate surface area is 194 Å². The highest BCUT2D eigenvalue weighted by Crippen LogP contribution is 2.44. The van der Waals surface area contributed by atoms with E-state index in [1.807, 2.05) is 19.9 Å². The van der Waals surface area contributed by atoms with Gasteiger partial charge in [-0.1, -0.05) is 18.2 Å². The van der Waals surface area contributed by atoms with E-state index in [-0.39, 0.29) is 17.9 Å². The molecule has 0 spiro atoms. The largest absolute Gasteiger partial charge is 0.493 e. The molecule has 1 aliphatic rings. The molecule has 4 rings (SSSR count). The Hall–Kier alpha value is -3.69. The van der Waals surface area contributed by atoms with Crippen LogP contribution >= 0.6 is 0 Å². The lowest BCUT2D eigenvalue weighted by Gasteiger charge is -2.33. The lowest BCUT2D eigenvalue weighted by atomic mass is 9.96. The van der Waals surface area contributed by atoms with Crippen molar-refractivity contribution in [3.8, 4) is 11.5 Å². The fourth-order valence-electron chi connectivity index (χ4n) is 4.05. The smallest absolute Gasteiger partial charge is 0.410 e. The van der Waals surface area contributed by atoms with Gasteiger partial charge in [-0.25, -0.2) is 4.68 Å². The molecule has 2 aromatic carbocycles. The first-order valence-corrected chi connectivity index (χ1v) is 10.6. The molecule has 0 unspecified atom stereocenters. The topological polar surface area (TPSA) is 77.4 Å². The molecule has 1 aliphatic heterocycles. The zero-order valence-electron chi connectivity index (χ0n) is 19.2. The number of nitrogens with zero attached hydrogens (tertiary/aromatic N) is 2. The monoisotopic (exact) mass is 474 g/mol. The van der Waals surface area contributed by atoms with Crippen LogP contribution in [0.2, 0.25) is 0 Å². The molecule has 180 valence electrons. The molecular formula is C24H25F3N4O3. The molecule has 2 atom stereocenters. The number of methoxy groups -OCH3 is 2. The number of anilines is 2. The first-order valence-electron chi connectivity index (χ1n) is 10.6. The SMILES string of the molecule is COc1ccc([C@H]2C[C@@H](C(F)(F)F)n3nc(C(=O)Nc4cccc(C)c4C)cc3N2)cc1OC. The zero-order valence-corrected chi connectivity index (χ0v) is 19.2. The molecule has 0 saturated carbocycles. The predicted molar refractivity (Wildman–Crippen MR) is 122 cm³/mol. The average Bonchev–Trinajstić information content (AvgIpc) is 3.24. The Morgan fingerprint density at radius 2 is 1.85 bits per heavy atom. The Bertz CT molecular complexity index is 1220. The van der Waals surface area contributed by atoms with E-state index in [9.17, 15) is 18.0 Å². The summed E-state index contributed by atoms with van der Waals surface area (Å²) >= 11 is 0. The standard InChI is InChI=1S/C24H25F3N4O3/c1-13-6-5-7-16(14(13)2)29-23(32)18-12-22-28-17(11-21(24(25,26)27)31(22)30-18)15-8-9-19(33-3)20(10-15)34-4/h5-10,12,17,21,28H,11H2,1-4H3,(H,29,32)/t17-,21+/m1/s1. The van der Waals surface area contributed by atoms with Gasteiger partial charge in [-0.2, -0.15) is 18.3 Å². The number of amides is 1. The Morgan fingerprint density at radius 3 is 2.53 bits per heavy atom. The van der Waals surface area contributed by atoms with E-state index in [4.69, 9.17) is 9.47 Å². The van der Waals surface area contributed by atoms with Crippen molar-refractivity contribution in [1.29, 1.82) is 0 Å². The lowest BCUT2D eigenvalue weighted by Crippen LogP contribution is -2.35. The molecule has 1 amide bonds. The number of hydrogen-bond donors (Lipinski definition) is 2. The number of halogens is 3. The summed E-state index contributed by atoms with van der Waals surface area (Å²) in [5.74, 6) is 0.420. The third kappa shape index (κ3) is 4.40. The summed E-state index contributed by atoms with van der Waals surface area (Å²) in [6.07, 6.45) is -4.86. The number of carbonyl (C=O) groups excluding carboxylic acids is 1. The van der Waals surface area contributed by atoms with Crippen molar-refractivity contribution in [2.24, 2.45) is 0 Å². The molecule has 34 heavy (non-hydrogen) atoms. The van der Waals surface area contributed by atoms with E-state index < -0.39 is 24.2 Å². The Kier molecular flexibility index (Phi) is 6.16. The van der Waals surface area contributed by atoms with Crippen molar-refractivity contribution in [3.63, 3.8) is 0 Å². The molecule has 3 aromatic rings. The van der Waals surface area contributed by atoms with Gasteiger partial charge < -0.3 is 20.1 Å². The van der Waals surface area contributed by atoms with Crippen LogP contribution in [-0.4, -0.2) is 36.1 Å². The van der Waals surface area contributed by atoms with Gasteiger partial charge in [0.05, 0.1) is 20.3 Å². The first kappa shape index (κ1) is 23.5. The maximum Gasteiger partial charge on any atom is 0.410 e. The highest BCUT2D eigenvalue weighted by molar-refractivity contribution is 6.03. The van der Waals surface area contributed by atoms with Crippen molar-refractivity contribution in [1.82, 2.24) is 9.78 Å². The molecule has 0 bridgehead atoms. The highest BCUT2D eigenvalue weighted by atomic mass is 19.4. The average molecular weight is 474 g/mol. The van der Waals surface area contributed by atoms with Crippen LogP contribution in [-0.2, 0) is 0 Å². The van der Waals surface area contributed by atoms with Crippen molar-refractivity contribution in [2.45, 2.75) is 38.5 Å². The number of alkyl halides is 3. The summed E-state index contributed by atoms with van der Waals surface area (Å²) in [5, 5.41) is 9.85. The molecule has 0 fully saturated rings. The van der Waals surface area contributed by atoms with Gasteiger partial charge in [0.1, 0.15) is 5.82 Å². The minimum Gasteiger partial charge on any atom is -0.493 e. The second kappa shape index (κ2) is 8.92. The van der Waals surface area contributed by atoms with Crippen LogP contribution in [0.3, 0.4) is 0 Å². The minimum atomic E-state index is -4.56. The van der Waals surface area contributed by atoms with Crippen molar-refractivity contribution < 1.29 is 27.4 Å². The van der Waals surface area contributed by atoms with Crippen LogP contribution in [0.4, 0.5) is 24.7 Å². The molecule has 2 N–H and O–H groups in total. The predicted octanol–water partition coefficient (Wildman–Crippen LogP) is 5.43. The van der Waals surface area contributed by atoms with Crippen molar-refractivity contribution in [2.75, 3.05) is 24.9 Å². The van der Waals surface area contributed by atoms with Gasteiger partial charge >= 0.3 is 6.18 Å². The maximum atomic E-state index is 14.0. The Balaban J connectivity index is 1.66. The van der Waals surface area contributed by atoms with E-state index in [0.29, 0.717) is 22.7 Å². The second-order valence-corrected chi connectivity index (χ2v) is 8.17. The van der Waals surface area contributed by atoms with Gasteiger partial charge in [0.2, 0.25) is 0 Å². The second-order valence-electron chi connectivity index (χ2n) is 8.17. The third-order valence-corrected chi connectivity index (χ3v) is 6.09. The van der Waals surface area contributed by atoms with Crippen molar-refractivity contribution in [3.05, 3.63) is 64.8 Å². The first-order chi connectivity index (χ1) is 16.1. The zero-order chi connectivity index (χ0) is 24.6. The van der Waals surface area contributed by atoms with E-state index in [1.54, 1.807) is 30.3 Å². The molecule has 0 aliphatic carbocycles. The van der Waals surface area contributed by atoms with Crippen molar-refractivity contribution >= 4 is 17.4 Å². The molecule has 7 nitrogen and oxygen atoms in total. The molecule has 0 saturated heterocycles. The van der Waals surface area contributed by atoms with E-state index in [2.05, 4.69) is 15.7 Å². The summed E-state index contributed by atoms with van der Waals surface area (Å²) in [5.41, 5.74) is 2.93. The van der Waals surface area contributed by atoms with Gasteiger partial charge in [0, 0.05) is 18.2 Å². The highest BCUT2D eigenvalue weighted by Gasteiger charge is 2.47. The fraction of sp³-hybridized carbons (Fsp3) is 0.333. The summed E-state index contributed by atoms with van der Waals surface area (Å²) in [4.78, 5) is 12.8. The number of aromatic nitrogens is 2. The summed E-state index contributed by atoms with van der Waals surface area (Å²) < 4.78 is 53.3. The van der Waals surface area contributed by atoms with E-state index in [0.717, 1.165) is 15.8 Å². The number of fused-ring (bicyclic) bond motifs is 1. The van der Waals surface area contributed by atoms with Gasteiger partial charge in [-0.05, 0) is 48.7 Å². The molecule has 0 radical (unpaired) electrons. The minimum absolute atomic E-state index is 0.106. The van der Waals surface area contributed by atoms with Gasteiger partial charge in [-0.15, -0.1) is 0 Å². The quantitative estimate of drug-likeness (QED) is 0.516. The number of nitrogens with one attached hydrogen (secondary N) is 2. The number of hydrogen-bond acceptors (Lipinski definition) is 5. The lowest BCUT2D eigenvalue weighted by molar-refractivity contribution is -0.173. The summed E-state index contributed by atoms with van der Waals surface area (Å²) in [6, 6.07) is 9.18. The van der Waals surface area contributed by atoms with Crippen LogP contribution in [0.1, 0.15) is 45.7 Å². The number of rotatable bonds is 5. The van der Waals surface area contributed by atoms with E-state index >= 15 is 0 Å². The maximum absolute atomic E-state index is 14.0. The summed E-state index contributed by atoms with van der Waals surface area (Å²) in [6.45, 7) is 3.77. The third-order valence-electron chi connectivity index (χ3n) is 6.09.